The summed E-state index contributed by atoms with van der Waals surface area (Å²) >= 11 is 5.72. The highest BCUT2D eigenvalue weighted by Gasteiger charge is 2.21. The molecule has 0 spiro atoms. The largest absolute Gasteiger partial charge is 0.489 e. The number of ether oxygens (including phenoxy) is 1. The maximum absolute atomic E-state index is 14.1. The van der Waals surface area contributed by atoms with Crippen molar-refractivity contribution in [3.05, 3.63) is 69.8 Å². The van der Waals surface area contributed by atoms with Gasteiger partial charge in [-0.25, -0.2) is 13.6 Å². The third-order valence-corrected chi connectivity index (χ3v) is 3.63. The predicted molar refractivity (Wildman–Crippen MR) is 77.3 cm³/mol. The first-order valence-corrected chi connectivity index (χ1v) is 6.71. The summed E-state index contributed by atoms with van der Waals surface area (Å²) in [6.07, 6.45) is 1.60. The predicted octanol–water partition coefficient (Wildman–Crippen LogP) is 4.14. The van der Waals surface area contributed by atoms with Crippen molar-refractivity contribution in [2.24, 2.45) is 0 Å². The second kappa shape index (κ2) is 5.42. The van der Waals surface area contributed by atoms with Crippen LogP contribution >= 0.6 is 11.6 Å². The SMILES string of the molecule is O=C(O)c1ccc2c(c1)C(c1cc(Cl)c(F)cc1F)=CCO2. The molecule has 0 unspecified atom stereocenters. The maximum atomic E-state index is 14.1. The zero-order chi connectivity index (χ0) is 15.9. The van der Waals surface area contributed by atoms with Crippen LogP contribution in [0.15, 0.2) is 36.4 Å². The van der Waals surface area contributed by atoms with Gasteiger partial charge in [0, 0.05) is 17.2 Å². The Labute approximate surface area is 129 Å². The van der Waals surface area contributed by atoms with Crippen molar-refractivity contribution in [2.75, 3.05) is 6.61 Å². The number of carboxylic acids is 1. The van der Waals surface area contributed by atoms with Gasteiger partial charge in [0.2, 0.25) is 0 Å². The highest BCUT2D eigenvalue weighted by atomic mass is 35.5. The minimum absolute atomic E-state index is 0.0452. The standard InChI is InChI=1S/C16H9ClF2O3/c17-12-6-10(13(18)7-14(12)19)9-3-4-22-15-2-1-8(16(20)21)5-11(9)15/h1-3,5-7H,4H2,(H,20,21). The summed E-state index contributed by atoms with van der Waals surface area (Å²) in [6.45, 7) is 0.198. The average Bonchev–Trinajstić information content (AvgIpc) is 2.50. The van der Waals surface area contributed by atoms with E-state index in [0.717, 1.165) is 0 Å². The summed E-state index contributed by atoms with van der Waals surface area (Å²) in [5.41, 5.74) is 0.985. The first-order chi connectivity index (χ1) is 10.5. The fourth-order valence-electron chi connectivity index (χ4n) is 2.31. The third-order valence-electron chi connectivity index (χ3n) is 3.34. The minimum Gasteiger partial charge on any atom is -0.489 e. The monoisotopic (exact) mass is 322 g/mol. The maximum Gasteiger partial charge on any atom is 0.335 e. The van der Waals surface area contributed by atoms with E-state index in [0.29, 0.717) is 23.0 Å². The van der Waals surface area contributed by atoms with Gasteiger partial charge in [0.15, 0.2) is 0 Å². The van der Waals surface area contributed by atoms with Gasteiger partial charge in [0.05, 0.1) is 10.6 Å². The highest BCUT2D eigenvalue weighted by molar-refractivity contribution is 6.31. The van der Waals surface area contributed by atoms with Crippen LogP contribution in [0.25, 0.3) is 5.57 Å². The fourth-order valence-corrected chi connectivity index (χ4v) is 2.47. The minimum atomic E-state index is -1.11. The molecule has 112 valence electrons. The zero-order valence-electron chi connectivity index (χ0n) is 11.1. The van der Waals surface area contributed by atoms with Crippen LogP contribution in [0.5, 0.6) is 5.75 Å². The lowest BCUT2D eigenvalue weighted by molar-refractivity contribution is 0.0697. The summed E-state index contributed by atoms with van der Waals surface area (Å²) < 4.78 is 32.8. The van der Waals surface area contributed by atoms with Crippen molar-refractivity contribution in [1.29, 1.82) is 0 Å². The van der Waals surface area contributed by atoms with Crippen LogP contribution in [-0.2, 0) is 0 Å². The van der Waals surface area contributed by atoms with E-state index in [9.17, 15) is 13.6 Å². The molecule has 6 heteroatoms. The van der Waals surface area contributed by atoms with Crippen molar-refractivity contribution in [3.8, 4) is 5.75 Å². The molecule has 0 radical (unpaired) electrons. The van der Waals surface area contributed by atoms with Gasteiger partial charge in [-0.1, -0.05) is 11.6 Å². The van der Waals surface area contributed by atoms with E-state index in [4.69, 9.17) is 21.4 Å². The van der Waals surface area contributed by atoms with E-state index in [-0.39, 0.29) is 22.8 Å². The van der Waals surface area contributed by atoms with E-state index >= 15 is 0 Å². The van der Waals surface area contributed by atoms with Gasteiger partial charge in [-0.3, -0.25) is 0 Å². The number of fused-ring (bicyclic) bond motifs is 1. The second-order valence-corrected chi connectivity index (χ2v) is 5.10. The topological polar surface area (TPSA) is 46.5 Å². The Hall–Kier alpha value is -2.40. The number of benzene rings is 2. The lowest BCUT2D eigenvalue weighted by Crippen LogP contribution is -2.08. The molecule has 0 saturated carbocycles. The van der Waals surface area contributed by atoms with Gasteiger partial charge < -0.3 is 9.84 Å². The van der Waals surface area contributed by atoms with Crippen LogP contribution in [0.2, 0.25) is 5.02 Å². The molecule has 2 aromatic carbocycles. The Morgan fingerprint density at radius 1 is 1.14 bits per heavy atom. The van der Waals surface area contributed by atoms with Crippen LogP contribution < -0.4 is 4.74 Å². The van der Waals surface area contributed by atoms with Crippen molar-refractivity contribution < 1.29 is 23.4 Å². The smallest absolute Gasteiger partial charge is 0.335 e. The second-order valence-electron chi connectivity index (χ2n) is 4.69. The Morgan fingerprint density at radius 2 is 1.91 bits per heavy atom. The summed E-state index contributed by atoms with van der Waals surface area (Å²) in [6, 6.07) is 6.18. The molecule has 0 fully saturated rings. The van der Waals surface area contributed by atoms with Crippen molar-refractivity contribution in [2.45, 2.75) is 0 Å². The van der Waals surface area contributed by atoms with Crippen LogP contribution in [-0.4, -0.2) is 17.7 Å². The molecular formula is C16H9ClF2O3. The molecule has 3 rings (SSSR count). The fraction of sp³-hybridized carbons (Fsp3) is 0.0625. The van der Waals surface area contributed by atoms with Gasteiger partial charge in [-0.05, 0) is 35.9 Å². The number of carbonyl (C=O) groups is 1. The van der Waals surface area contributed by atoms with Crippen LogP contribution in [0.3, 0.4) is 0 Å². The number of halogens is 3. The van der Waals surface area contributed by atoms with E-state index in [1.165, 1.54) is 24.3 Å². The molecule has 1 aliphatic rings. The number of aromatic carboxylic acids is 1. The molecule has 0 aliphatic carbocycles. The number of hydrogen-bond donors (Lipinski definition) is 1. The summed E-state index contributed by atoms with van der Waals surface area (Å²) in [4.78, 5) is 11.1. The zero-order valence-corrected chi connectivity index (χ0v) is 11.8. The van der Waals surface area contributed by atoms with Crippen molar-refractivity contribution >= 4 is 23.1 Å². The molecule has 2 aromatic rings. The first kappa shape index (κ1) is 14.5. The molecule has 3 nitrogen and oxygen atoms in total. The lowest BCUT2D eigenvalue weighted by Gasteiger charge is -2.20. The number of rotatable bonds is 2. The van der Waals surface area contributed by atoms with Crippen molar-refractivity contribution in [1.82, 2.24) is 0 Å². The average molecular weight is 323 g/mol. The number of hydrogen-bond acceptors (Lipinski definition) is 2. The highest BCUT2D eigenvalue weighted by Crippen LogP contribution is 2.37. The number of carboxylic acid groups (broad SMARTS) is 1. The van der Waals surface area contributed by atoms with Gasteiger partial charge in [-0.2, -0.15) is 0 Å². The Kier molecular flexibility index (Phi) is 3.58. The molecule has 0 amide bonds. The van der Waals surface area contributed by atoms with Crippen molar-refractivity contribution in [3.63, 3.8) is 0 Å². The quantitative estimate of drug-likeness (QED) is 0.845. The Bertz CT molecular complexity index is 815. The van der Waals surface area contributed by atoms with Gasteiger partial charge in [0.1, 0.15) is 24.0 Å². The molecule has 0 aromatic heterocycles. The van der Waals surface area contributed by atoms with Gasteiger partial charge >= 0.3 is 5.97 Å². The van der Waals surface area contributed by atoms with Crippen LogP contribution in [0, 0.1) is 11.6 Å². The molecule has 1 N–H and O–H groups in total. The first-order valence-electron chi connectivity index (χ1n) is 6.33. The van der Waals surface area contributed by atoms with E-state index in [1.807, 2.05) is 0 Å². The van der Waals surface area contributed by atoms with E-state index in [2.05, 4.69) is 0 Å². The Morgan fingerprint density at radius 3 is 2.64 bits per heavy atom. The van der Waals surface area contributed by atoms with E-state index < -0.39 is 17.6 Å². The molecule has 0 bridgehead atoms. The molecule has 1 aliphatic heterocycles. The molecule has 1 heterocycles. The Balaban J connectivity index is 2.18. The summed E-state index contributed by atoms with van der Waals surface area (Å²) in [5, 5.41) is 8.86. The summed E-state index contributed by atoms with van der Waals surface area (Å²) in [5.74, 6) is -2.30. The molecule has 0 atom stereocenters. The summed E-state index contributed by atoms with van der Waals surface area (Å²) in [7, 11) is 0. The third kappa shape index (κ3) is 2.44. The van der Waals surface area contributed by atoms with Gasteiger partial charge in [-0.15, -0.1) is 0 Å². The normalized spacial score (nSPS) is 13.1. The van der Waals surface area contributed by atoms with Crippen LogP contribution in [0.4, 0.5) is 8.78 Å². The molecular weight excluding hydrogens is 314 g/mol. The van der Waals surface area contributed by atoms with E-state index in [1.54, 1.807) is 6.08 Å². The molecule has 0 saturated heterocycles. The van der Waals surface area contributed by atoms with Gasteiger partial charge in [0.25, 0.3) is 0 Å². The molecule has 22 heavy (non-hydrogen) atoms. The van der Waals surface area contributed by atoms with Crippen LogP contribution in [0.1, 0.15) is 21.5 Å². The lowest BCUT2D eigenvalue weighted by atomic mass is 9.93.